The molecule has 0 bridgehead atoms. The van der Waals surface area contributed by atoms with Crippen molar-refractivity contribution in [2.45, 2.75) is 31.3 Å². The molecular formula is C11H16F3NO4. The van der Waals surface area contributed by atoms with Gasteiger partial charge in [0.1, 0.15) is 6.61 Å². The highest BCUT2D eigenvalue weighted by atomic mass is 19.4. The molecule has 2 fully saturated rings. The second kappa shape index (κ2) is 6.06. The Balaban J connectivity index is 1.75. The fraction of sp³-hybridized carbons (Fsp3) is 0.909. The summed E-state index contributed by atoms with van der Waals surface area (Å²) in [6.45, 7) is 0.346. The number of halogens is 3. The van der Waals surface area contributed by atoms with Gasteiger partial charge in [-0.3, -0.25) is 4.79 Å². The van der Waals surface area contributed by atoms with E-state index in [-0.39, 0.29) is 32.5 Å². The molecule has 2 atom stereocenters. The van der Waals surface area contributed by atoms with Gasteiger partial charge in [0.2, 0.25) is 6.23 Å². The molecule has 8 heteroatoms. The van der Waals surface area contributed by atoms with E-state index in [1.54, 1.807) is 0 Å². The minimum atomic E-state index is -4.57. The highest BCUT2D eigenvalue weighted by molar-refractivity contribution is 5.78. The minimum absolute atomic E-state index is 0.0546. The van der Waals surface area contributed by atoms with Crippen LogP contribution in [0.4, 0.5) is 13.2 Å². The number of carbonyl (C=O) groups is 1. The van der Waals surface area contributed by atoms with Crippen molar-refractivity contribution in [1.29, 1.82) is 0 Å². The molecule has 0 aromatic rings. The van der Waals surface area contributed by atoms with Crippen LogP contribution in [-0.2, 0) is 19.0 Å². The van der Waals surface area contributed by atoms with Gasteiger partial charge in [0.15, 0.2) is 0 Å². The number of alkyl halides is 3. The van der Waals surface area contributed by atoms with E-state index in [9.17, 15) is 18.0 Å². The molecule has 0 spiro atoms. The monoisotopic (exact) mass is 283 g/mol. The Bertz CT molecular complexity index is 318. The normalized spacial score (nSPS) is 28.1. The molecule has 0 aromatic heterocycles. The summed E-state index contributed by atoms with van der Waals surface area (Å²) in [5.41, 5.74) is 0. The van der Waals surface area contributed by atoms with Crippen LogP contribution in [0.15, 0.2) is 0 Å². The van der Waals surface area contributed by atoms with Crippen LogP contribution < -0.4 is 0 Å². The van der Waals surface area contributed by atoms with Crippen molar-refractivity contribution in [3.8, 4) is 0 Å². The number of carbonyl (C=O) groups excluding carboxylic acids is 1. The van der Waals surface area contributed by atoms with Crippen LogP contribution in [-0.4, -0.2) is 62.3 Å². The fourth-order valence-electron chi connectivity index (χ4n) is 2.13. The number of hydrogen-bond acceptors (Lipinski definition) is 4. The summed E-state index contributed by atoms with van der Waals surface area (Å²) >= 11 is 0. The van der Waals surface area contributed by atoms with E-state index in [2.05, 4.69) is 4.74 Å². The molecule has 19 heavy (non-hydrogen) atoms. The highest BCUT2D eigenvalue weighted by Crippen LogP contribution is 2.28. The standard InChI is InChI=1S/C11H16F3NO4/c12-11(13,14)10-15(3-5-19-10)9(16)7-17-6-8-2-1-4-18-8/h8,10H,1-7H2. The van der Waals surface area contributed by atoms with Gasteiger partial charge in [-0.25, -0.2) is 0 Å². The van der Waals surface area contributed by atoms with E-state index in [1.165, 1.54) is 0 Å². The van der Waals surface area contributed by atoms with Crippen molar-refractivity contribution in [3.05, 3.63) is 0 Å². The summed E-state index contributed by atoms with van der Waals surface area (Å²) in [5.74, 6) is -0.710. The molecule has 110 valence electrons. The molecule has 2 unspecified atom stereocenters. The smallest absolute Gasteiger partial charge is 0.376 e. The topological polar surface area (TPSA) is 48.0 Å². The maximum atomic E-state index is 12.6. The zero-order valence-corrected chi connectivity index (χ0v) is 10.3. The minimum Gasteiger partial charge on any atom is -0.376 e. The predicted octanol–water partition coefficient (Wildman–Crippen LogP) is 0.929. The van der Waals surface area contributed by atoms with E-state index in [0.717, 1.165) is 12.8 Å². The molecule has 5 nitrogen and oxygen atoms in total. The Hall–Kier alpha value is -0.860. The second-order valence-corrected chi connectivity index (χ2v) is 4.50. The average molecular weight is 283 g/mol. The van der Waals surface area contributed by atoms with E-state index < -0.39 is 18.3 Å². The Labute approximate surface area is 108 Å². The van der Waals surface area contributed by atoms with Crippen LogP contribution in [0.25, 0.3) is 0 Å². The van der Waals surface area contributed by atoms with E-state index in [1.807, 2.05) is 0 Å². The first-order chi connectivity index (χ1) is 8.98. The quantitative estimate of drug-likeness (QED) is 0.770. The van der Waals surface area contributed by atoms with Gasteiger partial charge >= 0.3 is 6.18 Å². The Morgan fingerprint density at radius 3 is 2.74 bits per heavy atom. The Morgan fingerprint density at radius 2 is 2.11 bits per heavy atom. The molecule has 2 aliphatic heterocycles. The molecule has 0 saturated carbocycles. The number of ether oxygens (including phenoxy) is 3. The van der Waals surface area contributed by atoms with Crippen LogP contribution in [0.1, 0.15) is 12.8 Å². The van der Waals surface area contributed by atoms with Gasteiger partial charge in [-0.15, -0.1) is 0 Å². The average Bonchev–Trinajstić information content (AvgIpc) is 2.98. The van der Waals surface area contributed by atoms with Gasteiger partial charge in [-0.2, -0.15) is 13.2 Å². The number of rotatable bonds is 4. The molecule has 2 heterocycles. The van der Waals surface area contributed by atoms with Crippen molar-refractivity contribution in [3.63, 3.8) is 0 Å². The molecule has 0 aromatic carbocycles. The predicted molar refractivity (Wildman–Crippen MR) is 57.3 cm³/mol. The summed E-state index contributed by atoms with van der Waals surface area (Å²) < 4.78 is 52.6. The molecule has 0 N–H and O–H groups in total. The molecular weight excluding hydrogens is 267 g/mol. The van der Waals surface area contributed by atoms with Gasteiger partial charge < -0.3 is 19.1 Å². The third-order valence-corrected chi connectivity index (χ3v) is 3.04. The molecule has 0 aliphatic carbocycles. The number of nitrogens with zero attached hydrogens (tertiary/aromatic N) is 1. The lowest BCUT2D eigenvalue weighted by molar-refractivity contribution is -0.239. The van der Waals surface area contributed by atoms with Crippen molar-refractivity contribution in [1.82, 2.24) is 4.90 Å². The van der Waals surface area contributed by atoms with Crippen LogP contribution in [0, 0.1) is 0 Å². The van der Waals surface area contributed by atoms with Crippen molar-refractivity contribution in [2.24, 2.45) is 0 Å². The van der Waals surface area contributed by atoms with Crippen molar-refractivity contribution < 1.29 is 32.2 Å². The number of hydrogen-bond donors (Lipinski definition) is 0. The second-order valence-electron chi connectivity index (χ2n) is 4.50. The third kappa shape index (κ3) is 3.80. The van der Waals surface area contributed by atoms with Crippen LogP contribution >= 0.6 is 0 Å². The molecule has 0 radical (unpaired) electrons. The van der Waals surface area contributed by atoms with Gasteiger partial charge in [-0.05, 0) is 12.8 Å². The summed E-state index contributed by atoms with van der Waals surface area (Å²) in [6.07, 6.45) is -4.97. The zero-order valence-electron chi connectivity index (χ0n) is 10.3. The van der Waals surface area contributed by atoms with Gasteiger partial charge in [0.25, 0.3) is 5.91 Å². The first-order valence-electron chi connectivity index (χ1n) is 6.15. The summed E-state index contributed by atoms with van der Waals surface area (Å²) in [5, 5.41) is 0. The van der Waals surface area contributed by atoms with E-state index in [4.69, 9.17) is 9.47 Å². The SMILES string of the molecule is O=C(COCC1CCCO1)N1CCOC1C(F)(F)F. The largest absolute Gasteiger partial charge is 0.433 e. The number of amides is 1. The zero-order chi connectivity index (χ0) is 13.9. The first-order valence-corrected chi connectivity index (χ1v) is 6.15. The van der Waals surface area contributed by atoms with Crippen molar-refractivity contribution >= 4 is 5.91 Å². The lowest BCUT2D eigenvalue weighted by Crippen LogP contribution is -2.46. The Morgan fingerprint density at radius 1 is 1.32 bits per heavy atom. The molecule has 2 saturated heterocycles. The molecule has 2 aliphatic rings. The third-order valence-electron chi connectivity index (χ3n) is 3.04. The van der Waals surface area contributed by atoms with Gasteiger partial charge in [-0.1, -0.05) is 0 Å². The van der Waals surface area contributed by atoms with E-state index in [0.29, 0.717) is 11.5 Å². The van der Waals surface area contributed by atoms with E-state index >= 15 is 0 Å². The first kappa shape index (κ1) is 14.5. The highest BCUT2D eigenvalue weighted by Gasteiger charge is 2.49. The summed E-state index contributed by atoms with van der Waals surface area (Å²) in [4.78, 5) is 12.3. The molecule has 2 rings (SSSR count). The fourth-order valence-corrected chi connectivity index (χ4v) is 2.13. The van der Waals surface area contributed by atoms with Crippen molar-refractivity contribution in [2.75, 3.05) is 33.0 Å². The Kier molecular flexibility index (Phi) is 4.64. The summed E-state index contributed by atoms with van der Waals surface area (Å²) in [7, 11) is 0. The maximum absolute atomic E-state index is 12.6. The van der Waals surface area contributed by atoms with Crippen LogP contribution in [0.3, 0.4) is 0 Å². The maximum Gasteiger partial charge on any atom is 0.433 e. The van der Waals surface area contributed by atoms with Crippen LogP contribution in [0.2, 0.25) is 0 Å². The summed E-state index contributed by atoms with van der Waals surface area (Å²) in [6, 6.07) is 0. The molecule has 1 amide bonds. The lowest BCUT2D eigenvalue weighted by Gasteiger charge is -2.24. The van der Waals surface area contributed by atoms with Gasteiger partial charge in [0, 0.05) is 13.2 Å². The van der Waals surface area contributed by atoms with Gasteiger partial charge in [0.05, 0.1) is 19.3 Å². The van der Waals surface area contributed by atoms with Crippen LogP contribution in [0.5, 0.6) is 0 Å². The lowest BCUT2D eigenvalue weighted by atomic mass is 10.2.